The van der Waals surface area contributed by atoms with Crippen LogP contribution in [0.1, 0.15) is 54.1 Å². The van der Waals surface area contributed by atoms with E-state index in [1.54, 1.807) is 37.5 Å². The number of carbonyl (C=O) groups excluding carboxylic acids is 2. The Balaban J connectivity index is 1.91. The van der Waals surface area contributed by atoms with Crippen molar-refractivity contribution >= 4 is 27.7 Å². The molecule has 3 heterocycles. The number of hydrogen-bond donors (Lipinski definition) is 1. The zero-order valence-corrected chi connectivity index (χ0v) is 20.7. The Bertz CT molecular complexity index is 1160. The highest BCUT2D eigenvalue weighted by Crippen LogP contribution is 2.32. The van der Waals surface area contributed by atoms with Crippen molar-refractivity contribution in [2.45, 2.75) is 58.9 Å². The lowest BCUT2D eigenvalue weighted by atomic mass is 9.99. The summed E-state index contributed by atoms with van der Waals surface area (Å²) in [5.74, 6) is -0.994. The molecule has 0 saturated carbocycles. The Labute approximate surface area is 195 Å². The average Bonchev–Trinajstić information content (AvgIpc) is 3.04. The molecule has 33 heavy (non-hydrogen) atoms. The van der Waals surface area contributed by atoms with Gasteiger partial charge in [-0.1, -0.05) is 6.07 Å². The summed E-state index contributed by atoms with van der Waals surface area (Å²) in [4.78, 5) is 29.8. The smallest absolute Gasteiger partial charge is 0.341 e. The molecule has 9 nitrogen and oxygen atoms in total. The van der Waals surface area contributed by atoms with Gasteiger partial charge in [0.2, 0.25) is 15.9 Å². The van der Waals surface area contributed by atoms with Crippen LogP contribution in [0.2, 0.25) is 0 Å². The van der Waals surface area contributed by atoms with E-state index in [2.05, 4.69) is 10.3 Å². The molecule has 2 aromatic heterocycles. The molecule has 2 aromatic rings. The minimum atomic E-state index is -4.03. The first-order valence-electron chi connectivity index (χ1n) is 11.2. The molecule has 0 aliphatic carbocycles. The Morgan fingerprint density at radius 2 is 1.91 bits per heavy atom. The van der Waals surface area contributed by atoms with Crippen molar-refractivity contribution in [1.82, 2.24) is 13.9 Å². The first kappa shape index (κ1) is 24.9. The fourth-order valence-electron chi connectivity index (χ4n) is 4.43. The molecule has 0 bridgehead atoms. The van der Waals surface area contributed by atoms with Gasteiger partial charge >= 0.3 is 5.97 Å². The maximum atomic E-state index is 13.8. The minimum Gasteiger partial charge on any atom is -0.462 e. The topological polar surface area (TPSA) is 111 Å². The number of amides is 1. The number of pyridine rings is 1. The third kappa shape index (κ3) is 4.96. The molecule has 180 valence electrons. The first-order chi connectivity index (χ1) is 15.6. The molecule has 1 fully saturated rings. The van der Waals surface area contributed by atoms with E-state index < -0.39 is 21.9 Å². The van der Waals surface area contributed by atoms with E-state index in [1.165, 1.54) is 4.31 Å². The maximum Gasteiger partial charge on any atom is 0.341 e. The standard InChI is InChI=1S/C23H32N4O5S/c1-6-27-16(4)20(23(29)32-7-2)21(17(27)5)33(30,31)26-13-9-11-18(14-26)22(28)25-19-12-8-10-15(3)24-19/h8,10,12,18H,6-7,9,11,13-14H2,1-5H3,(H,24,25,28). The molecule has 1 amide bonds. The van der Waals surface area contributed by atoms with Crippen LogP contribution < -0.4 is 5.32 Å². The van der Waals surface area contributed by atoms with E-state index in [0.717, 1.165) is 5.69 Å². The molecule has 0 spiro atoms. The number of aryl methyl sites for hydroxylation is 1. The number of piperidine rings is 1. The normalized spacial score (nSPS) is 17.1. The highest BCUT2D eigenvalue weighted by atomic mass is 32.2. The number of rotatable bonds is 7. The van der Waals surface area contributed by atoms with Gasteiger partial charge in [0.15, 0.2) is 0 Å². The second kappa shape index (κ2) is 10.0. The molecule has 10 heteroatoms. The summed E-state index contributed by atoms with van der Waals surface area (Å²) in [6.07, 6.45) is 1.11. The number of hydrogen-bond acceptors (Lipinski definition) is 6. The largest absolute Gasteiger partial charge is 0.462 e. The summed E-state index contributed by atoms with van der Waals surface area (Å²) in [5, 5.41) is 2.79. The van der Waals surface area contributed by atoms with Crippen molar-refractivity contribution in [1.29, 1.82) is 0 Å². The van der Waals surface area contributed by atoms with Crippen LogP contribution >= 0.6 is 0 Å². The molecule has 1 unspecified atom stereocenters. The first-order valence-corrected chi connectivity index (χ1v) is 12.7. The Kier molecular flexibility index (Phi) is 7.58. The van der Waals surface area contributed by atoms with Crippen LogP contribution in [-0.2, 0) is 26.1 Å². The Morgan fingerprint density at radius 3 is 2.55 bits per heavy atom. The third-order valence-electron chi connectivity index (χ3n) is 6.02. The monoisotopic (exact) mass is 476 g/mol. The summed E-state index contributed by atoms with van der Waals surface area (Å²) in [6.45, 7) is 9.82. The molecule has 1 saturated heterocycles. The number of ether oxygens (including phenoxy) is 1. The van der Waals surface area contributed by atoms with E-state index in [1.807, 2.05) is 19.9 Å². The van der Waals surface area contributed by atoms with E-state index in [-0.39, 0.29) is 36.1 Å². The van der Waals surface area contributed by atoms with Gasteiger partial charge < -0.3 is 14.6 Å². The average molecular weight is 477 g/mol. The van der Waals surface area contributed by atoms with E-state index in [0.29, 0.717) is 36.6 Å². The van der Waals surface area contributed by atoms with Crippen LogP contribution in [0.3, 0.4) is 0 Å². The van der Waals surface area contributed by atoms with E-state index >= 15 is 0 Å². The molecular formula is C23H32N4O5S. The predicted octanol–water partition coefficient (Wildman–Crippen LogP) is 3.04. The van der Waals surface area contributed by atoms with E-state index in [4.69, 9.17) is 4.74 Å². The van der Waals surface area contributed by atoms with E-state index in [9.17, 15) is 18.0 Å². The van der Waals surface area contributed by atoms with Crippen LogP contribution in [-0.4, -0.2) is 53.8 Å². The Morgan fingerprint density at radius 1 is 1.18 bits per heavy atom. The number of carbonyl (C=O) groups is 2. The quantitative estimate of drug-likeness (QED) is 0.615. The van der Waals surface area contributed by atoms with Gasteiger partial charge in [-0.15, -0.1) is 0 Å². The zero-order valence-electron chi connectivity index (χ0n) is 19.8. The highest BCUT2D eigenvalue weighted by molar-refractivity contribution is 7.89. The number of nitrogens with zero attached hydrogens (tertiary/aromatic N) is 3. The van der Waals surface area contributed by atoms with Crippen molar-refractivity contribution in [2.24, 2.45) is 5.92 Å². The summed E-state index contributed by atoms with van der Waals surface area (Å²) >= 11 is 0. The van der Waals surface area contributed by atoms with Crippen LogP contribution in [0, 0.1) is 26.7 Å². The highest BCUT2D eigenvalue weighted by Gasteiger charge is 2.39. The molecule has 0 aromatic carbocycles. The van der Waals surface area contributed by atoms with Crippen LogP contribution in [0.4, 0.5) is 5.82 Å². The van der Waals surface area contributed by atoms with Gasteiger partial charge in [0.1, 0.15) is 16.3 Å². The molecule has 1 aliphatic heterocycles. The lowest BCUT2D eigenvalue weighted by Gasteiger charge is -2.31. The summed E-state index contributed by atoms with van der Waals surface area (Å²) in [6, 6.07) is 5.34. The molecule has 3 rings (SSSR count). The van der Waals surface area contributed by atoms with Crippen molar-refractivity contribution in [2.75, 3.05) is 25.0 Å². The van der Waals surface area contributed by atoms with Gasteiger partial charge in [0.05, 0.1) is 12.5 Å². The summed E-state index contributed by atoms with van der Waals surface area (Å²) < 4.78 is 35.8. The summed E-state index contributed by atoms with van der Waals surface area (Å²) in [7, 11) is -4.03. The zero-order chi connectivity index (χ0) is 24.3. The van der Waals surface area contributed by atoms with Gasteiger partial charge in [0.25, 0.3) is 0 Å². The van der Waals surface area contributed by atoms with Gasteiger partial charge in [-0.05, 0) is 59.6 Å². The lowest BCUT2D eigenvalue weighted by Crippen LogP contribution is -2.44. The number of nitrogens with one attached hydrogen (secondary N) is 1. The van der Waals surface area contributed by atoms with Crippen molar-refractivity contribution in [3.63, 3.8) is 0 Å². The fourth-order valence-corrected chi connectivity index (χ4v) is 6.41. The van der Waals surface area contributed by atoms with Crippen molar-refractivity contribution in [3.05, 3.63) is 40.8 Å². The van der Waals surface area contributed by atoms with Gasteiger partial charge in [0, 0.05) is 36.7 Å². The second-order valence-corrected chi connectivity index (χ2v) is 10.1. The number of sulfonamides is 1. The van der Waals surface area contributed by atoms with Crippen LogP contribution in [0.25, 0.3) is 0 Å². The molecule has 0 radical (unpaired) electrons. The fraction of sp³-hybridized carbons (Fsp3) is 0.522. The molecule has 1 aliphatic rings. The maximum absolute atomic E-state index is 13.8. The SMILES string of the molecule is CCOC(=O)c1c(S(=O)(=O)N2CCCC(C(=O)Nc3cccc(C)n3)C2)c(C)n(CC)c1C. The van der Waals surface area contributed by atoms with Gasteiger partial charge in [-0.3, -0.25) is 4.79 Å². The molecule has 1 atom stereocenters. The van der Waals surface area contributed by atoms with Crippen LogP contribution in [0.5, 0.6) is 0 Å². The summed E-state index contributed by atoms with van der Waals surface area (Å²) in [5.41, 5.74) is 1.91. The predicted molar refractivity (Wildman–Crippen MR) is 125 cm³/mol. The minimum absolute atomic E-state index is 0.0262. The number of esters is 1. The van der Waals surface area contributed by atoms with Crippen molar-refractivity contribution < 1.29 is 22.7 Å². The van der Waals surface area contributed by atoms with Gasteiger partial charge in [-0.25, -0.2) is 18.2 Å². The van der Waals surface area contributed by atoms with Crippen LogP contribution in [0.15, 0.2) is 23.1 Å². The van der Waals surface area contributed by atoms with Gasteiger partial charge in [-0.2, -0.15) is 4.31 Å². The number of anilines is 1. The van der Waals surface area contributed by atoms with Crippen molar-refractivity contribution in [3.8, 4) is 0 Å². The third-order valence-corrected chi connectivity index (χ3v) is 8.04. The second-order valence-electron chi connectivity index (χ2n) is 8.20. The Hall–Kier alpha value is -2.72. The molecular weight excluding hydrogens is 444 g/mol. The lowest BCUT2D eigenvalue weighted by molar-refractivity contribution is -0.120. The molecule has 1 N–H and O–H groups in total. The number of aromatic nitrogens is 2.